The van der Waals surface area contributed by atoms with E-state index in [-0.39, 0.29) is 0 Å². The summed E-state index contributed by atoms with van der Waals surface area (Å²) < 4.78 is 11.6. The number of allylic oxidation sites excluding steroid dienone is 6. The lowest BCUT2D eigenvalue weighted by Crippen LogP contribution is -2.28. The van der Waals surface area contributed by atoms with Crippen molar-refractivity contribution in [1.29, 1.82) is 0 Å². The molecule has 3 aromatic carbocycles. The summed E-state index contributed by atoms with van der Waals surface area (Å²) in [6.45, 7) is 4.92. The predicted molar refractivity (Wildman–Crippen MR) is 140 cm³/mol. The molecule has 1 N–H and O–H groups in total. The van der Waals surface area contributed by atoms with Gasteiger partial charge in [0.2, 0.25) is 0 Å². The zero-order valence-corrected chi connectivity index (χ0v) is 19.8. The molecular weight excluding hydrogens is 420 g/mol. The second kappa shape index (κ2) is 13.0. The molecule has 0 bridgehead atoms. The molecule has 0 aliphatic carbocycles. The fourth-order valence-electron chi connectivity index (χ4n) is 3.54. The van der Waals surface area contributed by atoms with Crippen molar-refractivity contribution < 1.29 is 14.6 Å². The van der Waals surface area contributed by atoms with Crippen LogP contribution in [0.2, 0.25) is 0 Å². The lowest BCUT2D eigenvalue weighted by molar-refractivity contribution is 0.125. The summed E-state index contributed by atoms with van der Waals surface area (Å²) in [5.41, 5.74) is 1.01. The van der Waals surface area contributed by atoms with E-state index in [1.165, 1.54) is 0 Å². The molecule has 3 rings (SSSR count). The molecule has 0 aliphatic rings. The maximum atomic E-state index is 12.0. The van der Waals surface area contributed by atoms with Crippen molar-refractivity contribution in [2.75, 3.05) is 13.2 Å². The van der Waals surface area contributed by atoms with E-state index in [9.17, 15) is 5.11 Å². The summed E-state index contributed by atoms with van der Waals surface area (Å²) in [7, 11) is 0. The lowest BCUT2D eigenvalue weighted by Gasteiger charge is -2.30. The Balaban J connectivity index is 1.83. The molecule has 0 heterocycles. The van der Waals surface area contributed by atoms with Crippen molar-refractivity contribution >= 4 is 0 Å². The highest BCUT2D eigenvalue weighted by molar-refractivity contribution is 5.49. The number of hydrogen-bond acceptors (Lipinski definition) is 3. The number of rotatable bonds is 11. The van der Waals surface area contributed by atoms with Crippen LogP contribution in [0.25, 0.3) is 0 Å². The monoisotopic (exact) mass is 452 g/mol. The Morgan fingerprint density at radius 2 is 1.00 bits per heavy atom. The fourth-order valence-corrected chi connectivity index (χ4v) is 3.54. The molecule has 3 aromatic rings. The summed E-state index contributed by atoms with van der Waals surface area (Å²) in [6.07, 6.45) is 15.7. The van der Waals surface area contributed by atoms with Crippen LogP contribution >= 0.6 is 0 Å². The van der Waals surface area contributed by atoms with E-state index in [0.29, 0.717) is 13.2 Å². The molecule has 3 heteroatoms. The first-order chi connectivity index (χ1) is 16.7. The van der Waals surface area contributed by atoms with Crippen molar-refractivity contribution in [3.05, 3.63) is 144 Å². The third-order valence-electron chi connectivity index (χ3n) is 5.31. The maximum absolute atomic E-state index is 12.0. The molecule has 34 heavy (non-hydrogen) atoms. The molecule has 0 aliphatic heterocycles. The van der Waals surface area contributed by atoms with Crippen LogP contribution in [-0.4, -0.2) is 18.3 Å². The van der Waals surface area contributed by atoms with Gasteiger partial charge in [0.1, 0.15) is 30.3 Å². The molecule has 0 radical (unpaired) electrons. The van der Waals surface area contributed by atoms with Gasteiger partial charge in [0.25, 0.3) is 0 Å². The van der Waals surface area contributed by atoms with E-state index in [4.69, 9.17) is 9.47 Å². The highest BCUT2D eigenvalue weighted by atomic mass is 16.5. The van der Waals surface area contributed by atoms with Gasteiger partial charge in [-0.25, -0.2) is 0 Å². The van der Waals surface area contributed by atoms with Gasteiger partial charge in [0, 0.05) is 0 Å². The summed E-state index contributed by atoms with van der Waals surface area (Å²) >= 11 is 0. The average molecular weight is 453 g/mol. The Kier molecular flexibility index (Phi) is 9.51. The smallest absolute Gasteiger partial charge is 0.140 e. The number of hydrogen-bond donors (Lipinski definition) is 1. The molecule has 0 aromatic heterocycles. The first-order valence-corrected chi connectivity index (χ1v) is 11.5. The largest absolute Gasteiger partial charge is 0.490 e. The fraction of sp³-hybridized carbons (Fsp3) is 0.161. The number of benzene rings is 3. The molecular formula is C31H32O3. The van der Waals surface area contributed by atoms with Crippen LogP contribution in [0.15, 0.2) is 127 Å². The van der Waals surface area contributed by atoms with Crippen molar-refractivity contribution in [2.45, 2.75) is 19.4 Å². The van der Waals surface area contributed by atoms with Crippen molar-refractivity contribution in [2.24, 2.45) is 0 Å². The topological polar surface area (TPSA) is 38.7 Å². The third-order valence-corrected chi connectivity index (χ3v) is 5.31. The van der Waals surface area contributed by atoms with Crippen LogP contribution in [0.1, 0.15) is 30.5 Å². The van der Waals surface area contributed by atoms with Gasteiger partial charge in [-0.2, -0.15) is 0 Å². The molecule has 0 atom stereocenters. The predicted octanol–water partition coefficient (Wildman–Crippen LogP) is 6.99. The third kappa shape index (κ3) is 6.60. The molecule has 3 nitrogen and oxygen atoms in total. The normalized spacial score (nSPS) is 12.3. The quantitative estimate of drug-likeness (QED) is 0.252. The van der Waals surface area contributed by atoms with E-state index in [1.54, 1.807) is 0 Å². The molecule has 0 saturated carbocycles. The second-order valence-corrected chi connectivity index (χ2v) is 7.66. The van der Waals surface area contributed by atoms with Crippen molar-refractivity contribution in [1.82, 2.24) is 0 Å². The lowest BCUT2D eigenvalue weighted by atomic mass is 9.80. The molecule has 0 spiro atoms. The van der Waals surface area contributed by atoms with Crippen LogP contribution < -0.4 is 9.47 Å². The van der Waals surface area contributed by atoms with E-state index in [2.05, 4.69) is 0 Å². The first-order valence-electron chi connectivity index (χ1n) is 11.5. The van der Waals surface area contributed by atoms with Crippen LogP contribution in [0, 0.1) is 0 Å². The van der Waals surface area contributed by atoms with Gasteiger partial charge in [0.15, 0.2) is 0 Å². The Hall–Kier alpha value is -3.82. The highest BCUT2D eigenvalue weighted by Crippen LogP contribution is 2.37. The van der Waals surface area contributed by atoms with E-state index in [0.717, 1.165) is 28.2 Å². The zero-order chi connectivity index (χ0) is 24.1. The summed E-state index contributed by atoms with van der Waals surface area (Å²) in [5, 5.41) is 12.0. The Morgan fingerprint density at radius 3 is 1.41 bits per heavy atom. The number of aliphatic hydroxyl groups is 1. The summed E-state index contributed by atoms with van der Waals surface area (Å²) in [6, 6.07) is 24.9. The van der Waals surface area contributed by atoms with E-state index >= 15 is 0 Å². The first kappa shape index (κ1) is 24.8. The average Bonchev–Trinajstić information content (AvgIpc) is 2.89. The van der Waals surface area contributed by atoms with Crippen molar-refractivity contribution in [3.8, 4) is 11.5 Å². The zero-order valence-electron chi connectivity index (χ0n) is 19.8. The summed E-state index contributed by atoms with van der Waals surface area (Å²) in [5.74, 6) is 1.50. The van der Waals surface area contributed by atoms with Gasteiger partial charge >= 0.3 is 0 Å². The minimum absolute atomic E-state index is 0.484. The van der Waals surface area contributed by atoms with Gasteiger partial charge < -0.3 is 14.6 Å². The van der Waals surface area contributed by atoms with Gasteiger partial charge in [-0.1, -0.05) is 91.1 Å². The Morgan fingerprint density at radius 1 is 0.588 bits per heavy atom. The van der Waals surface area contributed by atoms with Gasteiger partial charge in [-0.3, -0.25) is 0 Å². The molecule has 174 valence electrons. The van der Waals surface area contributed by atoms with E-state index in [1.807, 2.05) is 141 Å². The van der Waals surface area contributed by atoms with Crippen LogP contribution in [-0.2, 0) is 5.60 Å². The molecule has 0 saturated heterocycles. The minimum Gasteiger partial charge on any atom is -0.490 e. The van der Waals surface area contributed by atoms with Crippen LogP contribution in [0.3, 0.4) is 0 Å². The molecule has 0 amide bonds. The van der Waals surface area contributed by atoms with Crippen LogP contribution in [0.4, 0.5) is 0 Å². The van der Waals surface area contributed by atoms with Gasteiger partial charge in [0.05, 0.1) is 0 Å². The molecule has 0 fully saturated rings. The Labute approximate surface area is 203 Å². The van der Waals surface area contributed by atoms with Gasteiger partial charge in [-0.15, -0.1) is 0 Å². The maximum Gasteiger partial charge on any atom is 0.140 e. The standard InChI is InChI=1S/C31H32O3/c1-3-5-7-12-24-33-29-20-16-27(17-21-29)31(32,26-14-10-9-11-15-26)28-18-22-30(23-19-28)34-25-13-8-6-4-2/h3-23,32H,24-25H2,1-2H3/b5-3+,6-4+,12-7+,13-8+. The minimum atomic E-state index is -1.31. The highest BCUT2D eigenvalue weighted by Gasteiger charge is 2.33. The molecule has 0 unspecified atom stereocenters. The number of ether oxygens (including phenoxy) is 2. The van der Waals surface area contributed by atoms with Gasteiger partial charge in [-0.05, 0) is 67.0 Å². The second-order valence-electron chi connectivity index (χ2n) is 7.66. The summed E-state index contributed by atoms with van der Waals surface area (Å²) in [4.78, 5) is 0. The van der Waals surface area contributed by atoms with E-state index < -0.39 is 5.60 Å². The van der Waals surface area contributed by atoms with Crippen LogP contribution in [0.5, 0.6) is 11.5 Å². The van der Waals surface area contributed by atoms with Crippen molar-refractivity contribution in [3.63, 3.8) is 0 Å². The SMILES string of the molecule is C/C=C/C=C/COc1ccc(C(O)(c2ccccc2)c2ccc(OC/C=C/C=C/C)cc2)cc1. The Bertz CT molecular complexity index is 1040.